The first-order valence-corrected chi connectivity index (χ1v) is 3.87. The van der Waals surface area contributed by atoms with Crippen LogP contribution >= 0.6 is 0 Å². The average Bonchev–Trinajstić information content (AvgIpc) is 2.10. The minimum atomic E-state index is 0.924. The molecule has 2 nitrogen and oxygen atoms in total. The summed E-state index contributed by atoms with van der Waals surface area (Å²) in [7, 11) is 0. The van der Waals surface area contributed by atoms with E-state index in [4.69, 9.17) is 0 Å². The number of nitrogens with zero attached hydrogens (tertiary/aromatic N) is 1. The molecule has 0 fully saturated rings. The Labute approximate surface area is 63.0 Å². The minimum absolute atomic E-state index is 0.924. The van der Waals surface area contributed by atoms with E-state index in [1.807, 2.05) is 20.0 Å². The molecule has 1 aliphatic rings. The van der Waals surface area contributed by atoms with Gasteiger partial charge in [-0.1, -0.05) is 20.8 Å². The fourth-order valence-corrected chi connectivity index (χ4v) is 0.634. The quantitative estimate of drug-likeness (QED) is 0.591. The first kappa shape index (κ1) is 9.21. The Bertz CT molecular complexity index is 125. The predicted molar refractivity (Wildman–Crippen MR) is 46.2 cm³/mol. The van der Waals surface area contributed by atoms with Gasteiger partial charge < -0.3 is 5.32 Å². The van der Waals surface area contributed by atoms with Gasteiger partial charge >= 0.3 is 0 Å². The largest absolute Gasteiger partial charge is 0.384 e. The first-order chi connectivity index (χ1) is 4.93. The van der Waals surface area contributed by atoms with Crippen molar-refractivity contribution in [2.45, 2.75) is 27.2 Å². The number of hydrogen-bond donors (Lipinski definition) is 1. The summed E-state index contributed by atoms with van der Waals surface area (Å²) in [6.45, 7) is 7.03. The smallest absolute Gasteiger partial charge is 0.0528 e. The van der Waals surface area contributed by atoms with Crippen LogP contribution in [0.25, 0.3) is 0 Å². The van der Waals surface area contributed by atoms with E-state index in [9.17, 15) is 0 Å². The average molecular weight is 140 g/mol. The molecule has 1 heterocycles. The second-order valence-corrected chi connectivity index (χ2v) is 1.75. The van der Waals surface area contributed by atoms with Gasteiger partial charge in [0.25, 0.3) is 0 Å². The molecule has 1 rings (SSSR count). The molecule has 0 aromatic rings. The van der Waals surface area contributed by atoms with E-state index >= 15 is 0 Å². The normalized spacial score (nSPS) is 14.5. The molecule has 0 saturated carbocycles. The predicted octanol–water partition coefficient (Wildman–Crippen LogP) is 1.94. The summed E-state index contributed by atoms with van der Waals surface area (Å²) in [6.07, 6.45) is 4.71. The lowest BCUT2D eigenvalue weighted by Crippen LogP contribution is -2.19. The Morgan fingerprint density at radius 2 is 2.30 bits per heavy atom. The van der Waals surface area contributed by atoms with E-state index in [0.29, 0.717) is 0 Å². The Balaban J connectivity index is 0.000000371. The molecule has 0 spiro atoms. The summed E-state index contributed by atoms with van der Waals surface area (Å²) < 4.78 is 0. The first-order valence-electron chi connectivity index (χ1n) is 3.87. The van der Waals surface area contributed by atoms with Crippen LogP contribution in [0.1, 0.15) is 27.2 Å². The summed E-state index contributed by atoms with van der Waals surface area (Å²) >= 11 is 0. The van der Waals surface area contributed by atoms with E-state index < -0.39 is 0 Å². The zero-order chi connectivity index (χ0) is 7.82. The van der Waals surface area contributed by atoms with Crippen LogP contribution in [0.15, 0.2) is 17.4 Å². The third-order valence-corrected chi connectivity index (χ3v) is 1.16. The molecular formula is C8H16N2. The van der Waals surface area contributed by atoms with Crippen LogP contribution < -0.4 is 5.32 Å². The molecule has 2 heteroatoms. The highest BCUT2D eigenvalue weighted by molar-refractivity contribution is 5.87. The summed E-state index contributed by atoms with van der Waals surface area (Å²) in [5.41, 5.74) is 1.23. The van der Waals surface area contributed by atoms with E-state index in [0.717, 1.165) is 13.0 Å². The van der Waals surface area contributed by atoms with Gasteiger partial charge in [0, 0.05) is 18.1 Å². The van der Waals surface area contributed by atoms with E-state index in [1.54, 1.807) is 6.20 Å². The highest BCUT2D eigenvalue weighted by atomic mass is 14.9. The second kappa shape index (κ2) is 6.33. The lowest BCUT2D eigenvalue weighted by atomic mass is 10.3. The summed E-state index contributed by atoms with van der Waals surface area (Å²) in [5.74, 6) is 0. The molecule has 0 radical (unpaired) electrons. The van der Waals surface area contributed by atoms with E-state index in [-0.39, 0.29) is 0 Å². The van der Waals surface area contributed by atoms with Gasteiger partial charge in [0.1, 0.15) is 0 Å². The van der Waals surface area contributed by atoms with Crippen molar-refractivity contribution in [3.63, 3.8) is 0 Å². The molecule has 0 aromatic carbocycles. The van der Waals surface area contributed by atoms with Crippen molar-refractivity contribution in [2.75, 3.05) is 6.54 Å². The van der Waals surface area contributed by atoms with Crippen molar-refractivity contribution in [1.29, 1.82) is 0 Å². The van der Waals surface area contributed by atoms with Crippen molar-refractivity contribution in [3.05, 3.63) is 12.4 Å². The molecule has 0 amide bonds. The molecule has 0 aromatic heterocycles. The fraction of sp³-hybridized carbons (Fsp3) is 0.625. The van der Waals surface area contributed by atoms with Gasteiger partial charge in [-0.3, -0.25) is 4.99 Å². The van der Waals surface area contributed by atoms with Crippen LogP contribution in [0, 0.1) is 0 Å². The van der Waals surface area contributed by atoms with Gasteiger partial charge in [-0.05, 0) is 6.42 Å². The Morgan fingerprint density at radius 1 is 1.60 bits per heavy atom. The summed E-state index contributed by atoms with van der Waals surface area (Å²) in [6, 6.07) is 0. The highest BCUT2D eigenvalue weighted by Gasteiger charge is 1.93. The monoisotopic (exact) mass is 140 g/mol. The van der Waals surface area contributed by atoms with Crippen LogP contribution in [-0.2, 0) is 0 Å². The molecule has 58 valence electrons. The van der Waals surface area contributed by atoms with Gasteiger partial charge in [-0.2, -0.15) is 0 Å². The van der Waals surface area contributed by atoms with Gasteiger partial charge in [-0.25, -0.2) is 0 Å². The van der Waals surface area contributed by atoms with Crippen LogP contribution in [0.4, 0.5) is 0 Å². The number of hydrogen-bond acceptors (Lipinski definition) is 2. The third-order valence-electron chi connectivity index (χ3n) is 1.16. The van der Waals surface area contributed by atoms with Crippen molar-refractivity contribution < 1.29 is 0 Å². The lowest BCUT2D eigenvalue weighted by molar-refractivity contribution is 0.962. The van der Waals surface area contributed by atoms with Crippen LogP contribution in [0.5, 0.6) is 0 Å². The van der Waals surface area contributed by atoms with Crippen LogP contribution in [-0.4, -0.2) is 12.3 Å². The second-order valence-electron chi connectivity index (χ2n) is 1.75. The highest BCUT2D eigenvalue weighted by Crippen LogP contribution is 1.89. The summed E-state index contributed by atoms with van der Waals surface area (Å²) in [5, 5.41) is 3.07. The third kappa shape index (κ3) is 3.28. The van der Waals surface area contributed by atoms with Gasteiger partial charge in [0.15, 0.2) is 0 Å². The Kier molecular flexibility index (Phi) is 5.83. The molecule has 10 heavy (non-hydrogen) atoms. The summed E-state index contributed by atoms with van der Waals surface area (Å²) in [4.78, 5) is 4.12. The molecule has 1 N–H and O–H groups in total. The van der Waals surface area contributed by atoms with E-state index in [1.165, 1.54) is 5.71 Å². The van der Waals surface area contributed by atoms with Crippen molar-refractivity contribution in [3.8, 4) is 0 Å². The Hall–Kier alpha value is -0.790. The lowest BCUT2D eigenvalue weighted by Gasteiger charge is -2.05. The SMILES string of the molecule is CC.CCC1=NC=CNC1. The Morgan fingerprint density at radius 3 is 2.60 bits per heavy atom. The standard InChI is InChI=1S/C6H10N2.C2H6/c1-2-6-5-7-3-4-8-6;1-2/h3-4,7H,2,5H2,1H3;1-2H3. The molecule has 0 saturated heterocycles. The zero-order valence-corrected chi connectivity index (χ0v) is 7.02. The van der Waals surface area contributed by atoms with Crippen molar-refractivity contribution in [2.24, 2.45) is 4.99 Å². The van der Waals surface area contributed by atoms with Crippen molar-refractivity contribution >= 4 is 5.71 Å². The number of aliphatic imine (C=N–C) groups is 1. The molecular weight excluding hydrogens is 124 g/mol. The molecule has 0 bridgehead atoms. The topological polar surface area (TPSA) is 24.4 Å². The van der Waals surface area contributed by atoms with Crippen LogP contribution in [0.2, 0.25) is 0 Å². The van der Waals surface area contributed by atoms with Gasteiger partial charge in [-0.15, -0.1) is 0 Å². The zero-order valence-electron chi connectivity index (χ0n) is 7.02. The van der Waals surface area contributed by atoms with Gasteiger partial charge in [0.2, 0.25) is 0 Å². The van der Waals surface area contributed by atoms with E-state index in [2.05, 4.69) is 17.2 Å². The molecule has 1 aliphatic heterocycles. The molecule has 0 unspecified atom stereocenters. The maximum Gasteiger partial charge on any atom is 0.0528 e. The van der Waals surface area contributed by atoms with Gasteiger partial charge in [0.05, 0.1) is 6.54 Å². The number of nitrogens with one attached hydrogen (secondary N) is 1. The van der Waals surface area contributed by atoms with Crippen LogP contribution in [0.3, 0.4) is 0 Å². The minimum Gasteiger partial charge on any atom is -0.384 e. The molecule has 0 aliphatic carbocycles. The maximum atomic E-state index is 4.12. The number of rotatable bonds is 1. The molecule has 0 atom stereocenters. The van der Waals surface area contributed by atoms with Crippen molar-refractivity contribution in [1.82, 2.24) is 5.32 Å². The maximum absolute atomic E-state index is 4.12. The fourth-order valence-electron chi connectivity index (χ4n) is 0.634.